The molecule has 1 saturated heterocycles. The molecule has 0 spiro atoms. The molecule has 1 amide bonds. The van der Waals surface area contributed by atoms with Crippen LogP contribution in [0.5, 0.6) is 0 Å². The highest BCUT2D eigenvalue weighted by Gasteiger charge is 2.35. The van der Waals surface area contributed by atoms with E-state index in [2.05, 4.69) is 19.0 Å². The summed E-state index contributed by atoms with van der Waals surface area (Å²) in [6.45, 7) is 0.357. The maximum Gasteiger partial charge on any atom is 0.230 e. The molecule has 2 aliphatic rings. The summed E-state index contributed by atoms with van der Waals surface area (Å²) in [5.74, 6) is 0.123. The predicted octanol–water partition coefficient (Wildman–Crippen LogP) is 0.661. The van der Waals surface area contributed by atoms with Crippen LogP contribution in [-0.2, 0) is 9.59 Å². The Morgan fingerprint density at radius 3 is 2.19 bits per heavy atom. The highest BCUT2D eigenvalue weighted by molar-refractivity contribution is 6.05. The van der Waals surface area contributed by atoms with E-state index in [1.54, 1.807) is 4.90 Å². The fourth-order valence-corrected chi connectivity index (χ4v) is 2.82. The molecule has 0 aromatic rings. The molecule has 4 nitrogen and oxygen atoms in total. The second-order valence-corrected chi connectivity index (χ2v) is 5.16. The molecule has 0 unspecified atom stereocenters. The maximum absolute atomic E-state index is 11.6. The second-order valence-electron chi connectivity index (χ2n) is 5.16. The number of hydrogen-bond donors (Lipinski definition) is 0. The van der Waals surface area contributed by atoms with E-state index in [1.807, 2.05) is 0 Å². The first kappa shape index (κ1) is 11.6. The summed E-state index contributed by atoms with van der Waals surface area (Å²) in [7, 11) is 4.21. The lowest BCUT2D eigenvalue weighted by Crippen LogP contribution is -2.42. The third-order valence-corrected chi connectivity index (χ3v) is 3.85. The summed E-state index contributed by atoms with van der Waals surface area (Å²) in [5.41, 5.74) is 0. The van der Waals surface area contributed by atoms with Gasteiger partial charge in [-0.3, -0.25) is 9.59 Å². The van der Waals surface area contributed by atoms with Gasteiger partial charge in [0.15, 0.2) is 5.78 Å². The SMILES string of the molecule is CN(C)C1CCC(N2CC(=O)CC2=O)CC1. The van der Waals surface area contributed by atoms with Gasteiger partial charge in [-0.15, -0.1) is 0 Å². The maximum atomic E-state index is 11.6. The summed E-state index contributed by atoms with van der Waals surface area (Å²) in [4.78, 5) is 26.9. The van der Waals surface area contributed by atoms with E-state index in [1.165, 1.54) is 0 Å². The van der Waals surface area contributed by atoms with Gasteiger partial charge in [0.1, 0.15) is 0 Å². The zero-order chi connectivity index (χ0) is 11.7. The van der Waals surface area contributed by atoms with Crippen LogP contribution in [-0.4, -0.2) is 54.2 Å². The lowest BCUT2D eigenvalue weighted by molar-refractivity contribution is -0.130. The second kappa shape index (κ2) is 4.53. The van der Waals surface area contributed by atoms with Gasteiger partial charge in [-0.1, -0.05) is 0 Å². The predicted molar refractivity (Wildman–Crippen MR) is 61.1 cm³/mol. The standard InChI is InChI=1S/C12H20N2O2/c1-13(2)9-3-5-10(6-4-9)14-8-11(15)7-12(14)16/h9-10H,3-8H2,1-2H3. The van der Waals surface area contributed by atoms with Gasteiger partial charge >= 0.3 is 0 Å². The van der Waals surface area contributed by atoms with Crippen LogP contribution in [0.15, 0.2) is 0 Å². The van der Waals surface area contributed by atoms with Crippen LogP contribution >= 0.6 is 0 Å². The van der Waals surface area contributed by atoms with E-state index in [0.29, 0.717) is 18.6 Å². The van der Waals surface area contributed by atoms with Gasteiger partial charge < -0.3 is 9.80 Å². The zero-order valence-electron chi connectivity index (χ0n) is 10.1. The van der Waals surface area contributed by atoms with Gasteiger partial charge in [-0.2, -0.15) is 0 Å². The van der Waals surface area contributed by atoms with Crippen molar-refractivity contribution < 1.29 is 9.59 Å². The fraction of sp³-hybridized carbons (Fsp3) is 0.833. The molecule has 0 aromatic heterocycles. The minimum Gasteiger partial charge on any atom is -0.332 e. The van der Waals surface area contributed by atoms with Crippen molar-refractivity contribution in [2.75, 3.05) is 20.6 Å². The molecule has 0 atom stereocenters. The van der Waals surface area contributed by atoms with E-state index in [0.717, 1.165) is 25.7 Å². The third kappa shape index (κ3) is 2.26. The number of carbonyl (C=O) groups excluding carboxylic acids is 2. The van der Waals surface area contributed by atoms with Crippen molar-refractivity contribution in [1.29, 1.82) is 0 Å². The van der Waals surface area contributed by atoms with Gasteiger partial charge in [-0.05, 0) is 39.8 Å². The average Bonchev–Trinajstić information content (AvgIpc) is 2.58. The molecule has 2 fully saturated rings. The molecule has 1 aliphatic carbocycles. The molecule has 1 heterocycles. The van der Waals surface area contributed by atoms with Crippen LogP contribution in [0.25, 0.3) is 0 Å². The minimum absolute atomic E-state index is 0.0401. The van der Waals surface area contributed by atoms with Crippen LogP contribution < -0.4 is 0 Å². The van der Waals surface area contributed by atoms with Crippen LogP contribution in [0.4, 0.5) is 0 Å². The van der Waals surface area contributed by atoms with Crippen LogP contribution in [0.3, 0.4) is 0 Å². The summed E-state index contributed by atoms with van der Waals surface area (Å²) < 4.78 is 0. The molecule has 0 aromatic carbocycles. The van der Waals surface area contributed by atoms with Crippen molar-refractivity contribution in [2.45, 2.75) is 44.2 Å². The molecular formula is C12H20N2O2. The number of nitrogens with zero attached hydrogens (tertiary/aromatic N) is 2. The Labute approximate surface area is 96.6 Å². The van der Waals surface area contributed by atoms with Crippen LogP contribution in [0.2, 0.25) is 0 Å². The van der Waals surface area contributed by atoms with Gasteiger partial charge in [-0.25, -0.2) is 0 Å². The molecule has 1 saturated carbocycles. The zero-order valence-corrected chi connectivity index (χ0v) is 10.1. The molecule has 16 heavy (non-hydrogen) atoms. The van der Waals surface area contributed by atoms with Gasteiger partial charge in [0.25, 0.3) is 0 Å². The Bertz CT molecular complexity index is 293. The molecule has 4 heteroatoms. The Morgan fingerprint density at radius 1 is 1.12 bits per heavy atom. The number of hydrogen-bond acceptors (Lipinski definition) is 3. The van der Waals surface area contributed by atoms with Crippen molar-refractivity contribution in [3.8, 4) is 0 Å². The lowest BCUT2D eigenvalue weighted by Gasteiger charge is -2.36. The minimum atomic E-state index is 0.0401. The van der Waals surface area contributed by atoms with Crippen molar-refractivity contribution >= 4 is 11.7 Å². The van der Waals surface area contributed by atoms with Crippen LogP contribution in [0.1, 0.15) is 32.1 Å². The van der Waals surface area contributed by atoms with Crippen molar-refractivity contribution in [3.63, 3.8) is 0 Å². The molecular weight excluding hydrogens is 204 g/mol. The Morgan fingerprint density at radius 2 is 1.75 bits per heavy atom. The van der Waals surface area contributed by atoms with Crippen molar-refractivity contribution in [1.82, 2.24) is 9.80 Å². The topological polar surface area (TPSA) is 40.6 Å². The number of likely N-dealkylation sites (tertiary alicyclic amines) is 1. The highest BCUT2D eigenvalue weighted by Crippen LogP contribution is 2.27. The fourth-order valence-electron chi connectivity index (χ4n) is 2.82. The first-order valence-electron chi connectivity index (χ1n) is 6.05. The molecule has 0 radical (unpaired) electrons. The summed E-state index contributed by atoms with van der Waals surface area (Å²) in [6, 6.07) is 0.958. The van der Waals surface area contributed by atoms with E-state index < -0.39 is 0 Å². The quantitative estimate of drug-likeness (QED) is 0.647. The summed E-state index contributed by atoms with van der Waals surface area (Å²) >= 11 is 0. The largest absolute Gasteiger partial charge is 0.332 e. The Balaban J connectivity index is 1.89. The van der Waals surface area contributed by atoms with Gasteiger partial charge in [0, 0.05) is 12.1 Å². The normalized spacial score (nSPS) is 31.6. The summed E-state index contributed by atoms with van der Waals surface area (Å²) in [6.07, 6.45) is 4.49. The molecule has 1 aliphatic heterocycles. The van der Waals surface area contributed by atoms with Crippen molar-refractivity contribution in [2.24, 2.45) is 0 Å². The van der Waals surface area contributed by atoms with E-state index in [-0.39, 0.29) is 18.1 Å². The van der Waals surface area contributed by atoms with Crippen LogP contribution in [0, 0.1) is 0 Å². The van der Waals surface area contributed by atoms with E-state index in [9.17, 15) is 9.59 Å². The van der Waals surface area contributed by atoms with E-state index in [4.69, 9.17) is 0 Å². The first-order chi connectivity index (χ1) is 7.58. The molecule has 0 N–H and O–H groups in total. The summed E-state index contributed by atoms with van der Waals surface area (Å²) in [5, 5.41) is 0. The molecule has 90 valence electrons. The van der Waals surface area contributed by atoms with Gasteiger partial charge in [0.05, 0.1) is 13.0 Å². The van der Waals surface area contributed by atoms with Gasteiger partial charge in [0.2, 0.25) is 5.91 Å². The number of carbonyl (C=O) groups is 2. The third-order valence-electron chi connectivity index (χ3n) is 3.85. The first-order valence-corrected chi connectivity index (χ1v) is 6.05. The number of rotatable bonds is 2. The molecule has 2 rings (SSSR count). The molecule has 0 bridgehead atoms. The van der Waals surface area contributed by atoms with Crippen molar-refractivity contribution in [3.05, 3.63) is 0 Å². The highest BCUT2D eigenvalue weighted by atomic mass is 16.2. The number of Topliss-reactive ketones (excluding diaryl/α,β-unsaturated/α-hetero) is 1. The average molecular weight is 224 g/mol. The smallest absolute Gasteiger partial charge is 0.230 e. The number of amides is 1. The lowest BCUT2D eigenvalue weighted by atomic mass is 9.90. The monoisotopic (exact) mass is 224 g/mol. The van der Waals surface area contributed by atoms with E-state index >= 15 is 0 Å². The Hall–Kier alpha value is -0.900. The number of ketones is 1. The Kier molecular flexibility index (Phi) is 3.28.